The third kappa shape index (κ3) is 6.95. The van der Waals surface area contributed by atoms with Crippen molar-refractivity contribution in [2.75, 3.05) is 32.8 Å². The second kappa shape index (κ2) is 13.1. The monoisotopic (exact) mass is 572 g/mol. The van der Waals surface area contributed by atoms with Gasteiger partial charge in [0.15, 0.2) is 5.65 Å². The van der Waals surface area contributed by atoms with Crippen molar-refractivity contribution in [1.82, 2.24) is 24.8 Å². The molecule has 7 nitrogen and oxygen atoms in total. The van der Waals surface area contributed by atoms with Crippen LogP contribution in [0, 0.1) is 12.3 Å². The third-order valence-corrected chi connectivity index (χ3v) is 8.97. The predicted molar refractivity (Wildman–Crippen MR) is 176 cm³/mol. The first-order chi connectivity index (χ1) is 20.2. The molecule has 228 valence electrons. The highest BCUT2D eigenvalue weighted by Gasteiger charge is 2.33. The predicted octanol–water partition coefficient (Wildman–Crippen LogP) is 7.81. The Balaban J connectivity index is 0.00000138. The van der Waals surface area contributed by atoms with Crippen LogP contribution in [0.3, 0.4) is 0 Å². The summed E-state index contributed by atoms with van der Waals surface area (Å²) in [4.78, 5) is 22.8. The summed E-state index contributed by atoms with van der Waals surface area (Å²) < 4.78 is 6.26. The van der Waals surface area contributed by atoms with Crippen molar-refractivity contribution in [3.05, 3.63) is 53.1 Å². The molecule has 0 saturated carbocycles. The summed E-state index contributed by atoms with van der Waals surface area (Å²) >= 11 is 0. The summed E-state index contributed by atoms with van der Waals surface area (Å²) in [5.41, 5.74) is 9.60. The van der Waals surface area contributed by atoms with Gasteiger partial charge in [0, 0.05) is 55.8 Å². The highest BCUT2D eigenvalue weighted by molar-refractivity contribution is 5.85. The lowest BCUT2D eigenvalue weighted by Crippen LogP contribution is -2.38. The number of nitrogens with one attached hydrogen (secondary N) is 1. The van der Waals surface area contributed by atoms with Crippen LogP contribution in [0.15, 0.2) is 46.7 Å². The number of aromatic nitrogens is 3. The van der Waals surface area contributed by atoms with Crippen molar-refractivity contribution in [3.63, 3.8) is 0 Å². The van der Waals surface area contributed by atoms with Gasteiger partial charge < -0.3 is 9.72 Å². The lowest BCUT2D eigenvalue weighted by atomic mass is 9.74. The number of ether oxygens (including phenoxy) is 1. The maximum absolute atomic E-state index is 6.26. The highest BCUT2D eigenvalue weighted by Crippen LogP contribution is 2.42. The Hall–Kier alpha value is -3.03. The van der Waals surface area contributed by atoms with E-state index in [4.69, 9.17) is 9.73 Å². The molecular formula is C35H52N6O. The van der Waals surface area contributed by atoms with Crippen LogP contribution in [0.2, 0.25) is 0 Å². The molecule has 0 amide bonds. The summed E-state index contributed by atoms with van der Waals surface area (Å²) in [5, 5.41) is 0. The number of likely N-dealkylation sites (tertiary alicyclic amines) is 1. The first kappa shape index (κ1) is 30.4. The zero-order chi connectivity index (χ0) is 29.9. The Morgan fingerprint density at radius 1 is 1.14 bits per heavy atom. The van der Waals surface area contributed by atoms with E-state index in [2.05, 4.69) is 76.7 Å². The normalized spacial score (nSPS) is 20.5. The van der Waals surface area contributed by atoms with E-state index >= 15 is 0 Å². The molecule has 42 heavy (non-hydrogen) atoms. The summed E-state index contributed by atoms with van der Waals surface area (Å²) in [7, 11) is 0. The van der Waals surface area contributed by atoms with E-state index in [1.807, 2.05) is 27.0 Å². The number of aliphatic imine (C=N–C) groups is 1. The van der Waals surface area contributed by atoms with Gasteiger partial charge in [0.05, 0.1) is 5.52 Å². The quantitative estimate of drug-likeness (QED) is 0.305. The Kier molecular flexibility index (Phi) is 9.48. The molecule has 6 rings (SSSR count). The molecule has 0 spiro atoms. The minimum atomic E-state index is 0. The van der Waals surface area contributed by atoms with Crippen molar-refractivity contribution in [2.45, 2.75) is 93.2 Å². The molecule has 2 aliphatic heterocycles. The van der Waals surface area contributed by atoms with Crippen molar-refractivity contribution in [3.8, 4) is 16.9 Å². The van der Waals surface area contributed by atoms with E-state index in [-0.39, 0.29) is 1.43 Å². The molecule has 1 saturated heterocycles. The molecule has 7 heteroatoms. The number of hydrogen-bond acceptors (Lipinski definition) is 6. The Labute approximate surface area is 254 Å². The van der Waals surface area contributed by atoms with Crippen LogP contribution in [0.5, 0.6) is 5.75 Å². The van der Waals surface area contributed by atoms with Crippen molar-refractivity contribution in [1.29, 1.82) is 0 Å². The van der Waals surface area contributed by atoms with Gasteiger partial charge in [-0.3, -0.25) is 14.8 Å². The number of H-pyrrole nitrogens is 1. The highest BCUT2D eigenvalue weighted by atomic mass is 16.5. The van der Waals surface area contributed by atoms with Crippen LogP contribution < -0.4 is 4.74 Å². The van der Waals surface area contributed by atoms with Crippen LogP contribution in [-0.2, 0) is 6.54 Å². The summed E-state index contributed by atoms with van der Waals surface area (Å²) in [5.74, 6) is 1.87. The number of aryl methyl sites for hydroxylation is 1. The molecule has 1 fully saturated rings. The van der Waals surface area contributed by atoms with Gasteiger partial charge >= 0.3 is 0 Å². The summed E-state index contributed by atoms with van der Waals surface area (Å²) in [6, 6.07) is 9.01. The van der Waals surface area contributed by atoms with Crippen LogP contribution in [0.1, 0.15) is 86.5 Å². The summed E-state index contributed by atoms with van der Waals surface area (Å²) in [6.45, 7) is 21.3. The van der Waals surface area contributed by atoms with Crippen LogP contribution in [0.4, 0.5) is 0 Å². The van der Waals surface area contributed by atoms with E-state index in [0.717, 1.165) is 66.3 Å². The van der Waals surface area contributed by atoms with Gasteiger partial charge in [-0.1, -0.05) is 33.8 Å². The summed E-state index contributed by atoms with van der Waals surface area (Å²) in [6.07, 6.45) is 7.93. The second-order valence-corrected chi connectivity index (χ2v) is 12.9. The van der Waals surface area contributed by atoms with Gasteiger partial charge in [0.2, 0.25) is 0 Å². The fourth-order valence-electron chi connectivity index (χ4n) is 6.69. The molecule has 1 atom stereocenters. The average molecular weight is 573 g/mol. The minimum Gasteiger partial charge on any atom is -0.492 e. The van der Waals surface area contributed by atoms with Gasteiger partial charge in [-0.05, 0) is 101 Å². The molecule has 0 radical (unpaired) electrons. The number of fused-ring (bicyclic) bond motifs is 2. The number of benzene rings is 1. The van der Waals surface area contributed by atoms with Crippen molar-refractivity contribution < 1.29 is 6.16 Å². The molecule has 1 N–H and O–H groups in total. The van der Waals surface area contributed by atoms with E-state index in [1.165, 1.54) is 54.9 Å². The van der Waals surface area contributed by atoms with Gasteiger partial charge in [0.1, 0.15) is 18.2 Å². The van der Waals surface area contributed by atoms with E-state index in [1.54, 1.807) is 0 Å². The average Bonchev–Trinajstić information content (AvgIpc) is 3.56. The first-order valence-electron chi connectivity index (χ1n) is 16.0. The van der Waals surface area contributed by atoms with Crippen LogP contribution >= 0.6 is 0 Å². The molecule has 3 aromatic rings. The van der Waals surface area contributed by atoms with Crippen molar-refractivity contribution in [2.24, 2.45) is 10.4 Å². The molecule has 1 aliphatic carbocycles. The topological polar surface area (TPSA) is 69.6 Å². The molecule has 3 aliphatic rings. The maximum Gasteiger partial charge on any atom is 0.177 e. The Morgan fingerprint density at radius 2 is 1.93 bits per heavy atom. The zero-order valence-electron chi connectivity index (χ0n) is 26.9. The molecule has 1 unspecified atom stereocenters. The van der Waals surface area contributed by atoms with E-state index < -0.39 is 0 Å². The number of allylic oxidation sites excluding steroid dienone is 1. The molecule has 2 aromatic heterocycles. The van der Waals surface area contributed by atoms with Crippen molar-refractivity contribution >= 4 is 16.9 Å². The van der Waals surface area contributed by atoms with Crippen LogP contribution in [-0.4, -0.2) is 69.3 Å². The number of imidazole rings is 1. The lowest BCUT2D eigenvalue weighted by molar-refractivity contribution is 0.182. The molecular weight excluding hydrogens is 520 g/mol. The minimum absolute atomic E-state index is 0. The van der Waals surface area contributed by atoms with Gasteiger partial charge in [-0.25, -0.2) is 9.97 Å². The third-order valence-electron chi connectivity index (χ3n) is 8.97. The first-order valence-corrected chi connectivity index (χ1v) is 16.0. The zero-order valence-corrected chi connectivity index (χ0v) is 26.9. The Morgan fingerprint density at radius 3 is 2.71 bits per heavy atom. The fourth-order valence-corrected chi connectivity index (χ4v) is 6.69. The number of hydrogen-bond donors (Lipinski definition) is 1. The van der Waals surface area contributed by atoms with Gasteiger partial charge in [-0.2, -0.15) is 0 Å². The molecule has 0 bridgehead atoms. The standard InChI is InChI=1S/C33H44N6O.C2H6.H2/c1-22(20-38-12-6-7-13-38)35-29-10-11-33(4,5)18-28(29)23(2)39-14-15-40-31-9-8-25(16-27(31)21-39)26-17-30-32(34-19-26)37-24(3)36-30;1-2;/h8-9,16-17,19,23H,6-7,10-15,18,20-21H2,1-5H3,(H,34,36,37);1-2H3;1H. The van der Waals surface area contributed by atoms with E-state index in [9.17, 15) is 0 Å². The van der Waals surface area contributed by atoms with Gasteiger partial charge in [0.25, 0.3) is 0 Å². The number of pyridine rings is 1. The van der Waals surface area contributed by atoms with Crippen LogP contribution in [0.25, 0.3) is 22.3 Å². The largest absolute Gasteiger partial charge is 0.492 e. The molecule has 4 heterocycles. The maximum atomic E-state index is 6.26. The number of aromatic amines is 1. The number of nitrogens with zero attached hydrogens (tertiary/aromatic N) is 5. The number of rotatable bonds is 6. The SMILES string of the molecule is CC.CC(CN1CCCC1)=NC1=C(C(C)N2CCOc3ccc(-c4cnc5nc(C)[nH]c5c4)cc3C2)CC(C)(C)CC1.[HH]. The molecule has 1 aromatic carbocycles. The van der Waals surface area contributed by atoms with E-state index in [0.29, 0.717) is 18.1 Å². The smallest absolute Gasteiger partial charge is 0.177 e. The van der Waals surface area contributed by atoms with Gasteiger partial charge in [-0.15, -0.1) is 0 Å². The fraction of sp³-hybridized carbons (Fsp3) is 0.571. The second-order valence-electron chi connectivity index (χ2n) is 12.9. The Bertz CT molecular complexity index is 1450. The lowest BCUT2D eigenvalue weighted by Gasteiger charge is -2.38.